The number of amides is 3. The van der Waals surface area contributed by atoms with Gasteiger partial charge in [-0.1, -0.05) is 13.8 Å². The Morgan fingerprint density at radius 3 is 2.62 bits per heavy atom. The lowest BCUT2D eigenvalue weighted by atomic mass is 9.97. The van der Waals surface area contributed by atoms with E-state index in [1.165, 1.54) is 16.2 Å². The second kappa shape index (κ2) is 8.16. The first-order valence-electron chi connectivity index (χ1n) is 12.2. The zero-order chi connectivity index (χ0) is 26.2. The first kappa shape index (κ1) is 23.7. The van der Waals surface area contributed by atoms with Crippen LogP contribution in [0, 0.1) is 35.5 Å². The third-order valence-electron chi connectivity index (χ3n) is 7.94. The molecule has 37 heavy (non-hydrogen) atoms. The van der Waals surface area contributed by atoms with Crippen LogP contribution in [0.25, 0.3) is 21.3 Å². The minimum absolute atomic E-state index is 0.116. The number of imide groups is 1. The zero-order valence-corrected chi connectivity index (χ0v) is 21.5. The molecule has 3 atom stereocenters. The van der Waals surface area contributed by atoms with E-state index in [4.69, 9.17) is 0 Å². The number of thiophene rings is 1. The predicted molar refractivity (Wildman–Crippen MR) is 135 cm³/mol. The predicted octanol–water partition coefficient (Wildman–Crippen LogP) is 2.89. The van der Waals surface area contributed by atoms with Gasteiger partial charge in [0.15, 0.2) is 0 Å². The molecule has 0 aromatic carbocycles. The molecule has 0 spiro atoms. The Morgan fingerprint density at radius 1 is 1.24 bits per heavy atom. The molecule has 2 saturated heterocycles. The molecule has 3 fully saturated rings. The number of rotatable bonds is 4. The Bertz CT molecular complexity index is 1530. The molecule has 5 heterocycles. The lowest BCUT2D eigenvalue weighted by Crippen LogP contribution is -2.35. The molecule has 2 aliphatic heterocycles. The quantitative estimate of drug-likeness (QED) is 0.529. The number of aryl methyl sites for hydroxylation is 1. The van der Waals surface area contributed by atoms with Crippen LogP contribution in [-0.2, 0) is 16.1 Å². The lowest BCUT2D eigenvalue weighted by Gasteiger charge is -2.20. The SMILES string of the molecule is Cc1nc(C#N)cc(-c2ccnc3cc(CN4C(=O)C5C(C4=O)C5(C)C)sc23)c1C(=O)N1CCC(O)C1. The minimum Gasteiger partial charge on any atom is -0.391 e. The number of nitriles is 1. The van der Waals surface area contributed by atoms with E-state index in [2.05, 4.69) is 16.0 Å². The van der Waals surface area contributed by atoms with Gasteiger partial charge in [0.2, 0.25) is 11.8 Å². The normalized spacial score (nSPS) is 24.0. The summed E-state index contributed by atoms with van der Waals surface area (Å²) in [4.78, 5) is 51.8. The van der Waals surface area contributed by atoms with Crippen molar-refractivity contribution < 1.29 is 19.5 Å². The summed E-state index contributed by atoms with van der Waals surface area (Å²) in [6.07, 6.45) is 1.61. The van der Waals surface area contributed by atoms with Crippen molar-refractivity contribution in [2.45, 2.75) is 39.8 Å². The number of likely N-dealkylation sites (tertiary alicyclic amines) is 2. The van der Waals surface area contributed by atoms with Crippen molar-refractivity contribution in [3.05, 3.63) is 46.2 Å². The number of carbonyl (C=O) groups is 3. The van der Waals surface area contributed by atoms with Crippen molar-refractivity contribution in [2.24, 2.45) is 17.3 Å². The van der Waals surface area contributed by atoms with Crippen LogP contribution in [0.4, 0.5) is 0 Å². The fourth-order valence-electron chi connectivity index (χ4n) is 5.89. The van der Waals surface area contributed by atoms with Crippen molar-refractivity contribution in [2.75, 3.05) is 13.1 Å². The van der Waals surface area contributed by atoms with Crippen LogP contribution >= 0.6 is 11.3 Å². The second-order valence-electron chi connectivity index (χ2n) is 10.6. The molecule has 3 aliphatic rings. The van der Waals surface area contributed by atoms with E-state index in [0.29, 0.717) is 35.3 Å². The number of aliphatic hydroxyl groups excluding tert-OH is 1. The molecule has 1 aliphatic carbocycles. The lowest BCUT2D eigenvalue weighted by molar-refractivity contribution is -0.143. The Labute approximate surface area is 217 Å². The van der Waals surface area contributed by atoms with Crippen LogP contribution in [0.15, 0.2) is 24.4 Å². The second-order valence-corrected chi connectivity index (χ2v) is 11.8. The fourth-order valence-corrected chi connectivity index (χ4v) is 7.02. The third-order valence-corrected chi connectivity index (χ3v) is 9.08. The molecule has 0 radical (unpaired) electrons. The largest absolute Gasteiger partial charge is 0.391 e. The molecule has 1 saturated carbocycles. The molecule has 3 amide bonds. The molecular weight excluding hydrogens is 490 g/mol. The first-order chi connectivity index (χ1) is 17.6. The molecule has 0 bridgehead atoms. The summed E-state index contributed by atoms with van der Waals surface area (Å²) < 4.78 is 0.798. The highest BCUT2D eigenvalue weighted by Crippen LogP contribution is 2.63. The first-order valence-corrected chi connectivity index (χ1v) is 13.1. The smallest absolute Gasteiger partial charge is 0.256 e. The number of aliphatic hydroxyl groups is 1. The highest BCUT2D eigenvalue weighted by Gasteiger charge is 2.72. The Balaban J connectivity index is 1.40. The van der Waals surface area contributed by atoms with Gasteiger partial charge in [-0.05, 0) is 37.0 Å². The molecule has 10 heteroatoms. The van der Waals surface area contributed by atoms with Gasteiger partial charge >= 0.3 is 0 Å². The fraction of sp³-hybridized carbons (Fsp3) is 0.407. The van der Waals surface area contributed by atoms with Gasteiger partial charge in [-0.3, -0.25) is 24.3 Å². The number of piperidine rings is 1. The Morgan fingerprint density at radius 2 is 1.97 bits per heavy atom. The maximum absolute atomic E-state index is 13.5. The zero-order valence-electron chi connectivity index (χ0n) is 20.7. The Hall–Kier alpha value is -3.68. The van der Waals surface area contributed by atoms with E-state index in [1.54, 1.807) is 30.2 Å². The molecule has 3 unspecified atom stereocenters. The average Bonchev–Trinajstić information content (AvgIpc) is 3.24. The van der Waals surface area contributed by atoms with Gasteiger partial charge in [0, 0.05) is 35.3 Å². The number of carbonyl (C=O) groups excluding carboxylic acids is 3. The summed E-state index contributed by atoms with van der Waals surface area (Å²) in [5, 5.41) is 19.5. The van der Waals surface area contributed by atoms with Crippen LogP contribution < -0.4 is 0 Å². The molecular formula is C27H25N5O4S. The topological polar surface area (TPSA) is 127 Å². The monoisotopic (exact) mass is 515 g/mol. The van der Waals surface area contributed by atoms with E-state index >= 15 is 0 Å². The van der Waals surface area contributed by atoms with Gasteiger partial charge in [-0.2, -0.15) is 5.26 Å². The molecule has 188 valence electrons. The summed E-state index contributed by atoms with van der Waals surface area (Å²) in [5.41, 5.74) is 2.76. The number of aromatic nitrogens is 2. The molecule has 6 rings (SSSR count). The van der Waals surface area contributed by atoms with Crippen LogP contribution in [0.1, 0.15) is 46.9 Å². The van der Waals surface area contributed by atoms with E-state index in [9.17, 15) is 24.8 Å². The van der Waals surface area contributed by atoms with Gasteiger partial charge in [0.05, 0.1) is 46.0 Å². The maximum Gasteiger partial charge on any atom is 0.256 e. The number of nitrogens with zero attached hydrogens (tertiary/aromatic N) is 5. The number of β-amino-alcohol motifs (C(OH)–C–C–N with tert-alkyl or cyclic N) is 1. The van der Waals surface area contributed by atoms with Crippen molar-refractivity contribution in [3.8, 4) is 17.2 Å². The third kappa shape index (κ3) is 3.56. The highest BCUT2D eigenvalue weighted by molar-refractivity contribution is 7.19. The van der Waals surface area contributed by atoms with Crippen LogP contribution in [0.5, 0.6) is 0 Å². The van der Waals surface area contributed by atoms with Crippen molar-refractivity contribution in [1.29, 1.82) is 5.26 Å². The van der Waals surface area contributed by atoms with Gasteiger partial charge in [0.1, 0.15) is 11.8 Å². The summed E-state index contributed by atoms with van der Waals surface area (Å²) >= 11 is 1.42. The van der Waals surface area contributed by atoms with Gasteiger partial charge in [-0.25, -0.2) is 4.98 Å². The number of pyridine rings is 2. The van der Waals surface area contributed by atoms with Crippen molar-refractivity contribution >= 4 is 39.3 Å². The number of hydrogen-bond acceptors (Lipinski definition) is 8. The van der Waals surface area contributed by atoms with Crippen LogP contribution in [0.2, 0.25) is 0 Å². The van der Waals surface area contributed by atoms with Crippen LogP contribution in [0.3, 0.4) is 0 Å². The van der Waals surface area contributed by atoms with E-state index < -0.39 is 6.10 Å². The molecule has 1 N–H and O–H groups in total. The van der Waals surface area contributed by atoms with Crippen molar-refractivity contribution in [3.63, 3.8) is 0 Å². The standard InChI is InChI=1S/C27H25N5O4S/c1-13-20(24(34)31-7-5-15(33)11-31)18(8-14(10-28)30-13)17-4-6-29-19-9-16(37-23(17)19)12-32-25(35)21-22(26(32)36)27(21,2)3/h4,6,8-9,15,21-22,33H,5,7,11-12H2,1-3H3. The van der Waals surface area contributed by atoms with Gasteiger partial charge in [-0.15, -0.1) is 11.3 Å². The summed E-state index contributed by atoms with van der Waals surface area (Å²) in [5.74, 6) is -0.933. The van der Waals surface area contributed by atoms with Gasteiger partial charge < -0.3 is 10.0 Å². The van der Waals surface area contributed by atoms with E-state index in [1.807, 2.05) is 19.9 Å². The van der Waals surface area contributed by atoms with E-state index in [-0.39, 0.29) is 53.8 Å². The molecule has 9 nitrogen and oxygen atoms in total. The van der Waals surface area contributed by atoms with E-state index in [0.717, 1.165) is 15.1 Å². The number of fused-ring (bicyclic) bond motifs is 2. The van der Waals surface area contributed by atoms with Gasteiger partial charge in [0.25, 0.3) is 5.91 Å². The summed E-state index contributed by atoms with van der Waals surface area (Å²) in [6.45, 7) is 6.52. The highest BCUT2D eigenvalue weighted by atomic mass is 32.1. The van der Waals surface area contributed by atoms with Crippen LogP contribution in [-0.4, -0.2) is 61.8 Å². The Kier molecular flexibility index (Phi) is 5.23. The maximum atomic E-state index is 13.5. The molecule has 3 aromatic heterocycles. The number of hydrogen-bond donors (Lipinski definition) is 1. The average molecular weight is 516 g/mol. The summed E-state index contributed by atoms with van der Waals surface area (Å²) in [6, 6.07) is 7.37. The minimum atomic E-state index is -0.556. The molecule has 3 aromatic rings. The summed E-state index contributed by atoms with van der Waals surface area (Å²) in [7, 11) is 0. The van der Waals surface area contributed by atoms with Crippen molar-refractivity contribution in [1.82, 2.24) is 19.8 Å².